The zero-order chi connectivity index (χ0) is 22.3. The van der Waals surface area contributed by atoms with Crippen molar-refractivity contribution in [3.8, 4) is 11.5 Å². The molecule has 5 nitrogen and oxygen atoms in total. The monoisotopic (exact) mass is 501 g/mol. The number of aliphatic carboxylic acids is 1. The third-order valence-corrected chi connectivity index (χ3v) is 5.45. The first-order chi connectivity index (χ1) is 14.2. The molecule has 0 aromatic heterocycles. The average molecular weight is 503 g/mol. The second-order valence-corrected chi connectivity index (χ2v) is 8.51. The Labute approximate surface area is 189 Å². The maximum absolute atomic E-state index is 13.2. The van der Waals surface area contributed by atoms with Crippen LogP contribution >= 0.6 is 27.5 Å². The van der Waals surface area contributed by atoms with Crippen LogP contribution in [-0.4, -0.2) is 23.7 Å². The van der Waals surface area contributed by atoms with Crippen LogP contribution in [0.5, 0.6) is 11.5 Å². The van der Waals surface area contributed by atoms with Crippen LogP contribution < -0.4 is 14.8 Å². The molecule has 0 saturated carbocycles. The van der Waals surface area contributed by atoms with Gasteiger partial charge in [0.1, 0.15) is 18.5 Å². The predicted molar refractivity (Wildman–Crippen MR) is 119 cm³/mol. The van der Waals surface area contributed by atoms with Gasteiger partial charge in [0.25, 0.3) is 0 Å². The van der Waals surface area contributed by atoms with Crippen LogP contribution in [0.15, 0.2) is 34.8 Å². The summed E-state index contributed by atoms with van der Waals surface area (Å²) in [4.78, 5) is 11.5. The minimum atomic E-state index is -0.874. The van der Waals surface area contributed by atoms with Crippen molar-refractivity contribution in [2.24, 2.45) is 5.92 Å². The van der Waals surface area contributed by atoms with Crippen LogP contribution in [0.3, 0.4) is 0 Å². The lowest BCUT2D eigenvalue weighted by atomic mass is 10.0. The third kappa shape index (κ3) is 7.15. The summed E-state index contributed by atoms with van der Waals surface area (Å²) in [7, 11) is 0. The average Bonchev–Trinajstić information content (AvgIpc) is 2.66. The molecule has 2 rings (SSSR count). The van der Waals surface area contributed by atoms with Gasteiger partial charge in [-0.2, -0.15) is 0 Å². The number of ether oxygens (including phenoxy) is 2. The normalized spacial score (nSPS) is 12.1. The van der Waals surface area contributed by atoms with E-state index in [1.165, 1.54) is 12.1 Å². The first-order valence-corrected chi connectivity index (χ1v) is 10.9. The van der Waals surface area contributed by atoms with Crippen molar-refractivity contribution < 1.29 is 23.8 Å². The van der Waals surface area contributed by atoms with Gasteiger partial charge in [0.15, 0.2) is 11.5 Å². The summed E-state index contributed by atoms with van der Waals surface area (Å²) in [6.45, 7) is 6.78. The summed E-state index contributed by atoms with van der Waals surface area (Å²) in [6.07, 6.45) is 0.533. The van der Waals surface area contributed by atoms with Crippen molar-refractivity contribution in [1.82, 2.24) is 5.32 Å². The van der Waals surface area contributed by atoms with Gasteiger partial charge >= 0.3 is 5.97 Å². The lowest BCUT2D eigenvalue weighted by Crippen LogP contribution is -2.37. The highest BCUT2D eigenvalue weighted by atomic mass is 79.9. The predicted octanol–water partition coefficient (Wildman–Crippen LogP) is 5.81. The highest BCUT2D eigenvalue weighted by Gasteiger charge is 2.19. The zero-order valence-corrected chi connectivity index (χ0v) is 19.5. The highest BCUT2D eigenvalue weighted by molar-refractivity contribution is 9.10. The molecule has 0 saturated heterocycles. The van der Waals surface area contributed by atoms with Crippen molar-refractivity contribution in [3.05, 3.63) is 56.8 Å². The van der Waals surface area contributed by atoms with Gasteiger partial charge in [0.05, 0.1) is 11.6 Å². The quantitative estimate of drug-likeness (QED) is 0.406. The smallest absolute Gasteiger partial charge is 0.320 e. The number of nitrogens with one attached hydrogen (secondary N) is 1. The van der Waals surface area contributed by atoms with Crippen LogP contribution in [0.1, 0.15) is 38.3 Å². The maximum atomic E-state index is 13.2. The standard InChI is InChI=1S/C22H26BrClFNO4/c1-4-29-20-8-15(11-26-19(22(27)28)7-13(2)3)17(23)10-21(20)30-12-14-5-6-16(25)9-18(14)24/h5-6,8-10,13,19,26H,4,7,11-12H2,1-3H3,(H,27,28). The molecule has 2 aromatic carbocycles. The maximum Gasteiger partial charge on any atom is 0.320 e. The van der Waals surface area contributed by atoms with E-state index in [1.807, 2.05) is 26.8 Å². The minimum absolute atomic E-state index is 0.151. The molecule has 30 heavy (non-hydrogen) atoms. The summed E-state index contributed by atoms with van der Waals surface area (Å²) >= 11 is 9.59. The zero-order valence-electron chi connectivity index (χ0n) is 17.2. The molecule has 0 aliphatic rings. The van der Waals surface area contributed by atoms with Crippen LogP contribution in [0.2, 0.25) is 5.02 Å². The molecule has 0 bridgehead atoms. The van der Waals surface area contributed by atoms with E-state index in [1.54, 1.807) is 12.1 Å². The molecule has 0 fully saturated rings. The van der Waals surface area contributed by atoms with Crippen LogP contribution in [-0.2, 0) is 17.9 Å². The summed E-state index contributed by atoms with van der Waals surface area (Å²) in [5, 5.41) is 12.8. The molecule has 1 atom stereocenters. The second-order valence-electron chi connectivity index (χ2n) is 7.25. The van der Waals surface area contributed by atoms with Gasteiger partial charge in [-0.3, -0.25) is 4.79 Å². The summed E-state index contributed by atoms with van der Waals surface area (Å²) in [5.74, 6) is 0.0165. The Balaban J connectivity index is 2.16. The van der Waals surface area contributed by atoms with Gasteiger partial charge in [-0.05, 0) is 49.1 Å². The molecule has 2 aromatic rings. The first-order valence-electron chi connectivity index (χ1n) is 9.69. The molecule has 0 amide bonds. The number of hydrogen-bond donors (Lipinski definition) is 2. The summed E-state index contributed by atoms with van der Waals surface area (Å²) in [6, 6.07) is 7.10. The van der Waals surface area contributed by atoms with Gasteiger partial charge < -0.3 is 19.9 Å². The van der Waals surface area contributed by atoms with Crippen LogP contribution in [0, 0.1) is 11.7 Å². The molecule has 8 heteroatoms. The Bertz CT molecular complexity index is 878. The second kappa shape index (κ2) is 11.5. The Morgan fingerprint density at radius 2 is 1.90 bits per heavy atom. The van der Waals surface area contributed by atoms with Crippen molar-refractivity contribution in [2.45, 2.75) is 46.4 Å². The molecule has 0 radical (unpaired) electrons. The molecule has 0 aliphatic heterocycles. The van der Waals surface area contributed by atoms with Crippen molar-refractivity contribution in [3.63, 3.8) is 0 Å². The van der Waals surface area contributed by atoms with Gasteiger partial charge in [-0.1, -0.05) is 47.4 Å². The lowest BCUT2D eigenvalue weighted by molar-refractivity contribution is -0.140. The Kier molecular flexibility index (Phi) is 9.39. The summed E-state index contributed by atoms with van der Waals surface area (Å²) in [5.41, 5.74) is 1.50. The van der Waals surface area contributed by atoms with E-state index in [4.69, 9.17) is 21.1 Å². The molecule has 0 aliphatic carbocycles. The largest absolute Gasteiger partial charge is 0.490 e. The highest BCUT2D eigenvalue weighted by Crippen LogP contribution is 2.35. The molecular weight excluding hydrogens is 477 g/mol. The number of benzene rings is 2. The molecule has 1 unspecified atom stereocenters. The summed E-state index contributed by atoms with van der Waals surface area (Å²) < 4.78 is 25.6. The molecule has 0 spiro atoms. The minimum Gasteiger partial charge on any atom is -0.490 e. The van der Waals surface area contributed by atoms with E-state index in [9.17, 15) is 14.3 Å². The SMILES string of the molecule is CCOc1cc(CNC(CC(C)C)C(=O)O)c(Br)cc1OCc1ccc(F)cc1Cl. The Morgan fingerprint density at radius 1 is 1.20 bits per heavy atom. The Morgan fingerprint density at radius 3 is 2.50 bits per heavy atom. The first kappa shape index (κ1) is 24.4. The number of rotatable bonds is 11. The fraction of sp³-hybridized carbons (Fsp3) is 0.409. The molecule has 164 valence electrons. The third-order valence-electron chi connectivity index (χ3n) is 4.35. The van der Waals surface area contributed by atoms with E-state index in [0.29, 0.717) is 36.6 Å². The topological polar surface area (TPSA) is 67.8 Å². The van der Waals surface area contributed by atoms with Crippen LogP contribution in [0.25, 0.3) is 0 Å². The lowest BCUT2D eigenvalue weighted by Gasteiger charge is -2.19. The fourth-order valence-corrected chi connectivity index (χ4v) is 3.55. The van der Waals surface area contributed by atoms with E-state index in [2.05, 4.69) is 21.2 Å². The number of hydrogen-bond acceptors (Lipinski definition) is 4. The van der Waals surface area contributed by atoms with Gasteiger partial charge in [-0.25, -0.2) is 4.39 Å². The number of carbonyl (C=O) groups is 1. The van der Waals surface area contributed by atoms with Gasteiger partial charge in [0.2, 0.25) is 0 Å². The van der Waals surface area contributed by atoms with Crippen molar-refractivity contribution in [1.29, 1.82) is 0 Å². The molecule has 0 heterocycles. The molecule has 2 N–H and O–H groups in total. The number of carboxylic acid groups (broad SMARTS) is 1. The van der Waals surface area contributed by atoms with Crippen molar-refractivity contribution >= 4 is 33.5 Å². The Hall–Kier alpha value is -1.83. The van der Waals surface area contributed by atoms with Gasteiger partial charge in [0, 0.05) is 16.6 Å². The number of carboxylic acids is 1. The fourth-order valence-electron chi connectivity index (χ4n) is 2.86. The van der Waals surface area contributed by atoms with E-state index < -0.39 is 17.8 Å². The van der Waals surface area contributed by atoms with E-state index in [-0.39, 0.29) is 17.5 Å². The van der Waals surface area contributed by atoms with E-state index in [0.717, 1.165) is 10.0 Å². The van der Waals surface area contributed by atoms with Gasteiger partial charge in [-0.15, -0.1) is 0 Å². The molecular formula is C22H26BrClFNO4. The number of halogens is 3. The van der Waals surface area contributed by atoms with Crippen LogP contribution in [0.4, 0.5) is 4.39 Å². The van der Waals surface area contributed by atoms with E-state index >= 15 is 0 Å². The van der Waals surface area contributed by atoms with Crippen molar-refractivity contribution in [2.75, 3.05) is 6.61 Å².